The molecule has 0 bridgehead atoms. The van der Waals surface area contributed by atoms with Gasteiger partial charge in [-0.05, 0) is 33.1 Å². The van der Waals surface area contributed by atoms with E-state index in [1.165, 1.54) is 7.11 Å². The maximum Gasteiger partial charge on any atom is 0.407 e. The van der Waals surface area contributed by atoms with Gasteiger partial charge in [0.2, 0.25) is 0 Å². The number of nitrogens with one attached hydrogen (secondary N) is 1. The van der Waals surface area contributed by atoms with Gasteiger partial charge in [-0.3, -0.25) is 4.79 Å². The topological polar surface area (TPSA) is 111 Å². The fourth-order valence-corrected chi connectivity index (χ4v) is 3.73. The Morgan fingerprint density at radius 3 is 2.28 bits per heavy atom. The van der Waals surface area contributed by atoms with Gasteiger partial charge < -0.3 is 25.6 Å². The van der Waals surface area contributed by atoms with Gasteiger partial charge >= 0.3 is 12.1 Å². The summed E-state index contributed by atoms with van der Waals surface area (Å²) in [6, 6.07) is -0.941. The minimum absolute atomic E-state index is 0.187. The number of carbonyl (C=O) groups is 2. The highest BCUT2D eigenvalue weighted by atomic mass is 16.6. The van der Waals surface area contributed by atoms with Crippen molar-refractivity contribution in [2.24, 2.45) is 23.5 Å². The van der Waals surface area contributed by atoms with Gasteiger partial charge in [-0.1, -0.05) is 26.7 Å². The summed E-state index contributed by atoms with van der Waals surface area (Å²) >= 11 is 0. The summed E-state index contributed by atoms with van der Waals surface area (Å²) in [6.45, 7) is 9.38. The molecule has 5 atom stereocenters. The highest BCUT2D eigenvalue weighted by Crippen LogP contribution is 2.38. The van der Waals surface area contributed by atoms with E-state index < -0.39 is 41.6 Å². The summed E-state index contributed by atoms with van der Waals surface area (Å²) < 4.78 is 10.1. The summed E-state index contributed by atoms with van der Waals surface area (Å²) in [6.07, 6.45) is 0.466. The highest BCUT2D eigenvalue weighted by Gasteiger charge is 2.50. The number of aliphatic hydroxyl groups excluding tert-OH is 1. The summed E-state index contributed by atoms with van der Waals surface area (Å²) in [5, 5.41) is 13.4. The molecule has 0 heterocycles. The molecule has 0 aromatic carbocycles. The Balaban J connectivity index is 2.95. The number of aliphatic hydroxyl groups is 1. The third kappa shape index (κ3) is 5.57. The Morgan fingerprint density at radius 2 is 1.84 bits per heavy atom. The van der Waals surface area contributed by atoms with Crippen molar-refractivity contribution in [3.8, 4) is 0 Å². The first-order valence-electron chi connectivity index (χ1n) is 9.06. The number of rotatable bonds is 6. The number of ether oxygens (including phenoxy) is 2. The molecule has 1 aliphatic carbocycles. The highest BCUT2D eigenvalue weighted by molar-refractivity contribution is 5.74. The van der Waals surface area contributed by atoms with Crippen LogP contribution in [-0.2, 0) is 14.3 Å². The van der Waals surface area contributed by atoms with Crippen LogP contribution >= 0.6 is 0 Å². The van der Waals surface area contributed by atoms with E-state index in [2.05, 4.69) is 5.32 Å². The van der Waals surface area contributed by atoms with Gasteiger partial charge in [0.05, 0.1) is 25.2 Å². The maximum absolute atomic E-state index is 12.2. The monoisotopic (exact) mass is 358 g/mol. The van der Waals surface area contributed by atoms with Gasteiger partial charge in [0.1, 0.15) is 5.60 Å². The molecule has 1 amide bonds. The van der Waals surface area contributed by atoms with Crippen LogP contribution < -0.4 is 11.1 Å². The molecule has 1 fully saturated rings. The van der Waals surface area contributed by atoms with E-state index in [-0.39, 0.29) is 18.4 Å². The molecule has 0 aliphatic heterocycles. The molecule has 7 nitrogen and oxygen atoms in total. The van der Waals surface area contributed by atoms with Crippen LogP contribution in [0.5, 0.6) is 0 Å². The lowest BCUT2D eigenvalue weighted by Crippen LogP contribution is -2.49. The molecule has 1 saturated carbocycles. The van der Waals surface area contributed by atoms with Crippen LogP contribution in [0.3, 0.4) is 0 Å². The molecule has 0 radical (unpaired) electrons. The molecule has 0 spiro atoms. The number of nitrogens with two attached hydrogens (primary N) is 1. The lowest BCUT2D eigenvalue weighted by atomic mass is 9.79. The zero-order valence-corrected chi connectivity index (χ0v) is 16.2. The lowest BCUT2D eigenvalue weighted by molar-refractivity contribution is -0.148. The molecule has 4 N–H and O–H groups in total. The zero-order valence-electron chi connectivity index (χ0n) is 16.2. The number of esters is 1. The molecule has 25 heavy (non-hydrogen) atoms. The van der Waals surface area contributed by atoms with E-state index in [1.54, 1.807) is 20.8 Å². The largest absolute Gasteiger partial charge is 0.469 e. The van der Waals surface area contributed by atoms with Crippen molar-refractivity contribution in [1.82, 2.24) is 5.32 Å². The Hall–Kier alpha value is -1.34. The molecule has 0 aromatic heterocycles. The van der Waals surface area contributed by atoms with Crippen LogP contribution in [0.4, 0.5) is 4.79 Å². The van der Waals surface area contributed by atoms with Gasteiger partial charge in [0, 0.05) is 12.0 Å². The average Bonchev–Trinajstić information content (AvgIpc) is 2.82. The number of hydrogen-bond donors (Lipinski definition) is 3. The minimum Gasteiger partial charge on any atom is -0.469 e. The second-order valence-corrected chi connectivity index (χ2v) is 7.84. The van der Waals surface area contributed by atoms with Crippen molar-refractivity contribution < 1.29 is 24.2 Å². The quantitative estimate of drug-likeness (QED) is 0.625. The molecule has 0 unspecified atom stereocenters. The SMILES string of the molecule is CCC(CC)[C@@H](N)[C@H]1[C@@H](O)[C@H](NC(=O)OC(C)(C)C)C[C@@H]1C(=O)OC. The van der Waals surface area contributed by atoms with Crippen LogP contribution in [0.15, 0.2) is 0 Å². The van der Waals surface area contributed by atoms with Crippen LogP contribution in [0.2, 0.25) is 0 Å². The minimum atomic E-state index is -0.924. The second kappa shape index (κ2) is 8.85. The Bertz CT molecular complexity index is 459. The Morgan fingerprint density at radius 1 is 1.28 bits per heavy atom. The first kappa shape index (κ1) is 21.7. The zero-order chi connectivity index (χ0) is 19.4. The van der Waals surface area contributed by atoms with Crippen molar-refractivity contribution in [3.05, 3.63) is 0 Å². The fourth-order valence-electron chi connectivity index (χ4n) is 3.73. The van der Waals surface area contributed by atoms with Crippen molar-refractivity contribution in [1.29, 1.82) is 0 Å². The van der Waals surface area contributed by atoms with Crippen LogP contribution in [-0.4, -0.2) is 48.1 Å². The van der Waals surface area contributed by atoms with Crippen LogP contribution in [0.1, 0.15) is 53.9 Å². The number of alkyl carbamates (subject to hydrolysis) is 1. The van der Waals surface area contributed by atoms with E-state index in [9.17, 15) is 14.7 Å². The maximum atomic E-state index is 12.2. The van der Waals surface area contributed by atoms with Gasteiger partial charge in [-0.2, -0.15) is 0 Å². The third-order valence-electron chi connectivity index (χ3n) is 5.02. The molecule has 146 valence electrons. The number of amides is 1. The van der Waals surface area contributed by atoms with Gasteiger partial charge in [0.25, 0.3) is 0 Å². The molecule has 7 heteroatoms. The normalized spacial score (nSPS) is 27.9. The van der Waals surface area contributed by atoms with Gasteiger partial charge in [0.15, 0.2) is 0 Å². The Kier molecular flexibility index (Phi) is 7.68. The predicted molar refractivity (Wildman–Crippen MR) is 94.8 cm³/mol. The van der Waals surface area contributed by atoms with E-state index in [0.717, 1.165) is 12.8 Å². The Labute approximate surface area is 150 Å². The van der Waals surface area contributed by atoms with Crippen molar-refractivity contribution in [2.45, 2.75) is 77.7 Å². The lowest BCUT2D eigenvalue weighted by Gasteiger charge is -2.32. The second-order valence-electron chi connectivity index (χ2n) is 7.84. The van der Waals surface area contributed by atoms with Crippen molar-refractivity contribution in [3.63, 3.8) is 0 Å². The van der Waals surface area contributed by atoms with Gasteiger partial charge in [-0.25, -0.2) is 4.79 Å². The summed E-state index contributed by atoms with van der Waals surface area (Å²) in [7, 11) is 1.32. The standard InChI is InChI=1S/C18H34N2O5/c1-7-10(8-2)14(19)13-11(16(22)24-6)9-12(15(13)21)20-17(23)25-18(3,4)5/h10-15,21H,7-9,19H2,1-6H3,(H,20,23)/t11-,12+,13-,14+,15-/m0/s1. The molecular weight excluding hydrogens is 324 g/mol. The molecule has 0 saturated heterocycles. The molecule has 0 aromatic rings. The van der Waals surface area contributed by atoms with E-state index in [1.807, 2.05) is 13.8 Å². The number of carbonyl (C=O) groups excluding carboxylic acids is 2. The number of methoxy groups -OCH3 is 1. The van der Waals surface area contributed by atoms with Crippen molar-refractivity contribution >= 4 is 12.1 Å². The van der Waals surface area contributed by atoms with E-state index >= 15 is 0 Å². The molecule has 1 rings (SSSR count). The summed E-state index contributed by atoms with van der Waals surface area (Å²) in [5.41, 5.74) is 5.76. The van der Waals surface area contributed by atoms with Crippen LogP contribution in [0.25, 0.3) is 0 Å². The average molecular weight is 358 g/mol. The predicted octanol–water partition coefficient (Wildman–Crippen LogP) is 1.81. The molecule has 1 aliphatic rings. The molecular formula is C18H34N2O5. The summed E-state index contributed by atoms with van der Waals surface area (Å²) in [4.78, 5) is 24.2. The number of hydrogen-bond acceptors (Lipinski definition) is 6. The smallest absolute Gasteiger partial charge is 0.407 e. The summed E-state index contributed by atoms with van der Waals surface area (Å²) in [5.74, 6) is -1.22. The van der Waals surface area contributed by atoms with E-state index in [0.29, 0.717) is 0 Å². The first-order chi connectivity index (χ1) is 11.6. The van der Waals surface area contributed by atoms with Crippen LogP contribution in [0, 0.1) is 17.8 Å². The third-order valence-corrected chi connectivity index (χ3v) is 5.02. The van der Waals surface area contributed by atoms with E-state index in [4.69, 9.17) is 15.2 Å². The fraction of sp³-hybridized carbons (Fsp3) is 0.889. The van der Waals surface area contributed by atoms with Crippen molar-refractivity contribution in [2.75, 3.05) is 7.11 Å². The van der Waals surface area contributed by atoms with Gasteiger partial charge in [-0.15, -0.1) is 0 Å². The first-order valence-corrected chi connectivity index (χ1v) is 9.06.